The van der Waals surface area contributed by atoms with Gasteiger partial charge in [0.05, 0.1) is 0 Å². The summed E-state index contributed by atoms with van der Waals surface area (Å²) in [6.45, 7) is 0. The molecule has 1 rings (SSSR count). The van der Waals surface area contributed by atoms with Crippen LogP contribution in [0.4, 0.5) is 0 Å². The predicted octanol–water partition coefficient (Wildman–Crippen LogP) is 1.59. The fraction of sp³-hybridized carbons (Fsp3) is 0.333. The molecular formula is C3H2Cl2O2. The molecule has 0 aromatic rings. The third-order valence-electron chi connectivity index (χ3n) is 0.466. The highest BCUT2D eigenvalue weighted by molar-refractivity contribution is 6.46. The smallest absolute Gasteiger partial charge is 0.418 e. The Morgan fingerprint density at radius 1 is 1.14 bits per heavy atom. The van der Waals surface area contributed by atoms with Gasteiger partial charge in [0.25, 0.3) is 0 Å². The van der Waals surface area contributed by atoms with Gasteiger partial charge in [-0.25, -0.2) is 0 Å². The lowest BCUT2D eigenvalue weighted by molar-refractivity contribution is 0.00865. The lowest BCUT2D eigenvalue weighted by Gasteiger charge is -2.08. The van der Waals surface area contributed by atoms with Crippen LogP contribution in [0, 0.1) is 0 Å². The fourth-order valence-corrected chi connectivity index (χ4v) is 0.447. The summed E-state index contributed by atoms with van der Waals surface area (Å²) >= 11 is 10.5. The van der Waals surface area contributed by atoms with Crippen LogP contribution in [-0.2, 0) is 9.47 Å². The molecule has 0 unspecified atom stereocenters. The van der Waals surface area contributed by atoms with E-state index in [1.54, 1.807) is 0 Å². The second kappa shape index (κ2) is 1.46. The van der Waals surface area contributed by atoms with E-state index in [0.29, 0.717) is 0 Å². The summed E-state index contributed by atoms with van der Waals surface area (Å²) in [5, 5.41) is 0. The molecule has 0 radical (unpaired) electrons. The van der Waals surface area contributed by atoms with E-state index in [0.717, 1.165) is 0 Å². The Morgan fingerprint density at radius 2 is 1.57 bits per heavy atom. The zero-order chi connectivity index (χ0) is 5.33. The van der Waals surface area contributed by atoms with Crippen molar-refractivity contribution < 1.29 is 9.47 Å². The van der Waals surface area contributed by atoms with Crippen molar-refractivity contribution in [3.05, 3.63) is 12.5 Å². The molecule has 0 aromatic carbocycles. The number of ether oxygens (including phenoxy) is 2. The minimum atomic E-state index is -1.47. The van der Waals surface area contributed by atoms with Gasteiger partial charge >= 0.3 is 4.71 Å². The molecule has 40 valence electrons. The maximum absolute atomic E-state index is 5.23. The lowest BCUT2D eigenvalue weighted by atomic mass is 11.1. The fourth-order valence-electron chi connectivity index (χ4n) is 0.242. The average molecular weight is 141 g/mol. The number of halogens is 2. The first-order valence-electron chi connectivity index (χ1n) is 1.59. The quantitative estimate of drug-likeness (QED) is 0.477. The summed E-state index contributed by atoms with van der Waals surface area (Å²) in [5.41, 5.74) is 0. The average Bonchev–Trinajstić information content (AvgIpc) is 1.84. The van der Waals surface area contributed by atoms with Crippen LogP contribution < -0.4 is 0 Å². The minimum absolute atomic E-state index is 1.28. The van der Waals surface area contributed by atoms with Crippen LogP contribution in [0.5, 0.6) is 0 Å². The molecule has 0 atom stereocenters. The molecular weight excluding hydrogens is 139 g/mol. The van der Waals surface area contributed by atoms with Crippen LogP contribution >= 0.6 is 23.2 Å². The van der Waals surface area contributed by atoms with E-state index in [2.05, 4.69) is 9.47 Å². The van der Waals surface area contributed by atoms with Crippen molar-refractivity contribution in [1.29, 1.82) is 0 Å². The topological polar surface area (TPSA) is 18.5 Å². The molecule has 4 heteroatoms. The van der Waals surface area contributed by atoms with Gasteiger partial charge in [-0.1, -0.05) is 0 Å². The van der Waals surface area contributed by atoms with Gasteiger partial charge in [0, 0.05) is 0 Å². The molecule has 0 spiro atoms. The van der Waals surface area contributed by atoms with Crippen molar-refractivity contribution in [3.8, 4) is 0 Å². The van der Waals surface area contributed by atoms with Gasteiger partial charge in [-0.3, -0.25) is 0 Å². The minimum Gasteiger partial charge on any atom is -0.432 e. The monoisotopic (exact) mass is 140 g/mol. The zero-order valence-corrected chi connectivity index (χ0v) is 4.74. The first-order chi connectivity index (χ1) is 3.21. The lowest BCUT2D eigenvalue weighted by Crippen LogP contribution is -2.10. The molecule has 1 heterocycles. The van der Waals surface area contributed by atoms with Gasteiger partial charge in [-0.15, -0.1) is 0 Å². The van der Waals surface area contributed by atoms with Crippen molar-refractivity contribution in [2.24, 2.45) is 0 Å². The number of hydrogen-bond acceptors (Lipinski definition) is 2. The maximum atomic E-state index is 5.23. The Bertz CT molecular complexity index is 89.1. The van der Waals surface area contributed by atoms with E-state index in [9.17, 15) is 0 Å². The summed E-state index contributed by atoms with van der Waals surface area (Å²) in [4.78, 5) is 0. The zero-order valence-electron chi connectivity index (χ0n) is 3.23. The summed E-state index contributed by atoms with van der Waals surface area (Å²) in [5.74, 6) is 0. The van der Waals surface area contributed by atoms with Gasteiger partial charge in [-0.05, 0) is 23.2 Å². The highest BCUT2D eigenvalue weighted by Gasteiger charge is 2.28. The van der Waals surface area contributed by atoms with E-state index in [1.165, 1.54) is 12.5 Å². The molecule has 1 aliphatic rings. The van der Waals surface area contributed by atoms with Gasteiger partial charge in [-0.2, -0.15) is 0 Å². The van der Waals surface area contributed by atoms with Crippen molar-refractivity contribution in [1.82, 2.24) is 0 Å². The SMILES string of the molecule is ClC1(Cl)OC=CO1. The standard InChI is InChI=1S/C3H2Cl2O2/c4-3(5)6-1-2-7-3/h1-2H. The van der Waals surface area contributed by atoms with Gasteiger partial charge in [0.1, 0.15) is 12.5 Å². The van der Waals surface area contributed by atoms with Crippen LogP contribution in [0.15, 0.2) is 12.5 Å². The molecule has 1 aliphatic heterocycles. The van der Waals surface area contributed by atoms with E-state index in [1.807, 2.05) is 0 Å². The number of hydrogen-bond donors (Lipinski definition) is 0. The second-order valence-electron chi connectivity index (χ2n) is 0.971. The Hall–Kier alpha value is -0.0800. The summed E-state index contributed by atoms with van der Waals surface area (Å²) in [7, 11) is 0. The highest BCUT2D eigenvalue weighted by Crippen LogP contribution is 2.28. The molecule has 7 heavy (non-hydrogen) atoms. The van der Waals surface area contributed by atoms with Crippen LogP contribution in [0.1, 0.15) is 0 Å². The van der Waals surface area contributed by atoms with E-state index >= 15 is 0 Å². The molecule has 0 saturated carbocycles. The Morgan fingerprint density at radius 3 is 1.71 bits per heavy atom. The first kappa shape index (κ1) is 5.06. The van der Waals surface area contributed by atoms with Crippen molar-refractivity contribution in [2.75, 3.05) is 0 Å². The number of rotatable bonds is 0. The molecule has 0 aromatic heterocycles. The highest BCUT2D eigenvalue weighted by atomic mass is 35.5. The van der Waals surface area contributed by atoms with Crippen LogP contribution in [-0.4, -0.2) is 4.71 Å². The van der Waals surface area contributed by atoms with Gasteiger partial charge in [0.2, 0.25) is 0 Å². The number of alkyl halides is 2. The molecule has 0 amide bonds. The Kier molecular flexibility index (Phi) is 1.05. The molecule has 0 saturated heterocycles. The second-order valence-corrected chi connectivity index (χ2v) is 2.16. The third kappa shape index (κ3) is 1.14. The van der Waals surface area contributed by atoms with E-state index < -0.39 is 4.71 Å². The summed E-state index contributed by atoms with van der Waals surface area (Å²) < 4.78 is 7.46. The van der Waals surface area contributed by atoms with Crippen molar-refractivity contribution in [2.45, 2.75) is 4.71 Å². The summed E-state index contributed by atoms with van der Waals surface area (Å²) in [6, 6.07) is 0. The Labute approximate surface area is 50.6 Å². The molecule has 0 aliphatic carbocycles. The normalized spacial score (nSPS) is 23.7. The van der Waals surface area contributed by atoms with Crippen LogP contribution in [0.25, 0.3) is 0 Å². The predicted molar refractivity (Wildman–Crippen MR) is 25.7 cm³/mol. The molecule has 2 nitrogen and oxygen atoms in total. The molecule has 0 bridgehead atoms. The van der Waals surface area contributed by atoms with E-state index in [4.69, 9.17) is 23.2 Å². The van der Waals surface area contributed by atoms with E-state index in [-0.39, 0.29) is 0 Å². The molecule has 0 fully saturated rings. The van der Waals surface area contributed by atoms with Crippen LogP contribution in [0.3, 0.4) is 0 Å². The van der Waals surface area contributed by atoms with Crippen molar-refractivity contribution in [3.63, 3.8) is 0 Å². The Balaban J connectivity index is 2.49. The largest absolute Gasteiger partial charge is 0.432 e. The first-order valence-corrected chi connectivity index (χ1v) is 2.35. The third-order valence-corrected chi connectivity index (χ3v) is 0.822. The molecule has 0 N–H and O–H groups in total. The maximum Gasteiger partial charge on any atom is 0.418 e. The summed E-state index contributed by atoms with van der Waals surface area (Å²) in [6.07, 6.45) is 2.56. The van der Waals surface area contributed by atoms with Crippen molar-refractivity contribution >= 4 is 23.2 Å². The van der Waals surface area contributed by atoms with Gasteiger partial charge < -0.3 is 9.47 Å². The van der Waals surface area contributed by atoms with Gasteiger partial charge in [0.15, 0.2) is 0 Å². The van der Waals surface area contributed by atoms with Crippen LogP contribution in [0.2, 0.25) is 0 Å².